The van der Waals surface area contributed by atoms with Gasteiger partial charge in [-0.25, -0.2) is 0 Å². The number of ether oxygens (including phenoxy) is 1. The molecule has 0 unspecified atom stereocenters. The van der Waals surface area contributed by atoms with Crippen molar-refractivity contribution in [3.05, 3.63) is 108 Å². The molecule has 0 aliphatic heterocycles. The number of pyridine rings is 1. The molecule has 0 fully saturated rings. The van der Waals surface area contributed by atoms with Crippen molar-refractivity contribution in [3.8, 4) is 22.9 Å². The Morgan fingerprint density at radius 3 is 2.31 bits per heavy atom. The summed E-state index contributed by atoms with van der Waals surface area (Å²) in [4.78, 5) is 0. The first kappa shape index (κ1) is 16.0. The minimum absolute atomic E-state index is 0.555. The van der Waals surface area contributed by atoms with Gasteiger partial charge in [0.1, 0.15) is 17.2 Å². The van der Waals surface area contributed by atoms with E-state index in [2.05, 4.69) is 16.7 Å². The topological polar surface area (TPSA) is 41.1 Å². The number of nitrogens with zero attached hydrogens (tertiary/aromatic N) is 2. The average molecular weight is 342 g/mol. The lowest BCUT2D eigenvalue weighted by molar-refractivity contribution is -0.593. The number of hydrogen-bond donors (Lipinski definition) is 0. The summed E-state index contributed by atoms with van der Waals surface area (Å²) < 4.78 is 8.80. The van der Waals surface area contributed by atoms with Crippen molar-refractivity contribution in [2.24, 2.45) is 0 Å². The highest BCUT2D eigenvalue weighted by molar-refractivity contribution is 5.54. The molecule has 0 spiro atoms. The average Bonchev–Trinajstić information content (AvgIpc) is 3.13. The van der Waals surface area contributed by atoms with Crippen molar-refractivity contribution in [1.29, 1.82) is 0 Å². The van der Waals surface area contributed by atoms with Gasteiger partial charge in [0.15, 0.2) is 6.20 Å². The van der Waals surface area contributed by atoms with E-state index in [1.165, 1.54) is 11.8 Å². The number of benzene rings is 2. The fourth-order valence-corrected chi connectivity index (χ4v) is 2.91. The van der Waals surface area contributed by atoms with Crippen molar-refractivity contribution in [3.63, 3.8) is 0 Å². The minimum Gasteiger partial charge on any atom is -0.618 e. The molecule has 4 aromatic rings. The van der Waals surface area contributed by atoms with Gasteiger partial charge in [0, 0.05) is 18.8 Å². The van der Waals surface area contributed by atoms with Crippen LogP contribution in [0.1, 0.15) is 5.56 Å². The Bertz CT molecular complexity index is 995. The van der Waals surface area contributed by atoms with Crippen molar-refractivity contribution in [2.75, 3.05) is 0 Å². The molecular formula is C22H18N2O2. The van der Waals surface area contributed by atoms with Crippen LogP contribution < -0.4 is 9.47 Å². The summed E-state index contributed by atoms with van der Waals surface area (Å²) in [6, 6.07) is 27.0. The monoisotopic (exact) mass is 342 g/mol. The van der Waals surface area contributed by atoms with Gasteiger partial charge in [-0.05, 0) is 29.8 Å². The van der Waals surface area contributed by atoms with Crippen molar-refractivity contribution >= 4 is 0 Å². The standard InChI is InChI=1S/C22H18N2O2/c25-24-15-13-20(26-19-10-5-2-6-11-19)16-22(24)21-12-7-14-23(21)17-18-8-3-1-4-9-18/h1-16H,17H2. The quantitative estimate of drug-likeness (QED) is 0.392. The Labute approximate surface area is 152 Å². The number of rotatable bonds is 5. The van der Waals surface area contributed by atoms with Crippen LogP contribution in [0.2, 0.25) is 0 Å². The SMILES string of the molecule is [O-][n+]1ccc(Oc2ccccc2)cc1-c1cccn1Cc1ccccc1. The van der Waals surface area contributed by atoms with E-state index in [9.17, 15) is 5.21 Å². The molecule has 0 N–H and O–H groups in total. The first-order valence-corrected chi connectivity index (χ1v) is 8.45. The van der Waals surface area contributed by atoms with Gasteiger partial charge < -0.3 is 14.5 Å². The Morgan fingerprint density at radius 2 is 1.54 bits per heavy atom. The third-order valence-electron chi connectivity index (χ3n) is 4.16. The van der Waals surface area contributed by atoms with Gasteiger partial charge in [-0.2, -0.15) is 4.73 Å². The fourth-order valence-electron chi connectivity index (χ4n) is 2.91. The molecule has 0 atom stereocenters. The summed E-state index contributed by atoms with van der Waals surface area (Å²) >= 11 is 0. The summed E-state index contributed by atoms with van der Waals surface area (Å²) in [5.41, 5.74) is 2.58. The van der Waals surface area contributed by atoms with Gasteiger partial charge >= 0.3 is 0 Å². The molecule has 0 aliphatic rings. The highest BCUT2D eigenvalue weighted by atomic mass is 16.5. The molecule has 0 bridgehead atoms. The van der Waals surface area contributed by atoms with Crippen LogP contribution >= 0.6 is 0 Å². The molecule has 2 aromatic carbocycles. The Hall–Kier alpha value is -3.53. The molecule has 4 rings (SSSR count). The van der Waals surface area contributed by atoms with Crippen LogP contribution in [-0.2, 0) is 6.54 Å². The van der Waals surface area contributed by atoms with E-state index < -0.39 is 0 Å². The van der Waals surface area contributed by atoms with Crippen molar-refractivity contribution < 1.29 is 9.47 Å². The predicted octanol–water partition coefficient (Wildman–Crippen LogP) is 4.63. The predicted molar refractivity (Wildman–Crippen MR) is 101 cm³/mol. The van der Waals surface area contributed by atoms with E-state index in [4.69, 9.17) is 4.74 Å². The van der Waals surface area contributed by atoms with Crippen LogP contribution in [0.5, 0.6) is 11.5 Å². The summed E-state index contributed by atoms with van der Waals surface area (Å²) in [6.07, 6.45) is 3.46. The van der Waals surface area contributed by atoms with Crippen LogP contribution in [0.15, 0.2) is 97.3 Å². The molecule has 128 valence electrons. The molecule has 2 heterocycles. The second-order valence-corrected chi connectivity index (χ2v) is 6.00. The third-order valence-corrected chi connectivity index (χ3v) is 4.16. The van der Waals surface area contributed by atoms with Gasteiger partial charge in [0.2, 0.25) is 5.69 Å². The molecule has 2 aromatic heterocycles. The molecule has 26 heavy (non-hydrogen) atoms. The summed E-state index contributed by atoms with van der Waals surface area (Å²) in [5, 5.41) is 12.4. The van der Waals surface area contributed by atoms with E-state index in [0.717, 1.165) is 16.2 Å². The normalized spacial score (nSPS) is 10.6. The fraction of sp³-hybridized carbons (Fsp3) is 0.0455. The Morgan fingerprint density at radius 1 is 0.808 bits per heavy atom. The molecule has 4 heteroatoms. The highest BCUT2D eigenvalue weighted by Gasteiger charge is 2.15. The maximum Gasteiger partial charge on any atom is 0.244 e. The zero-order valence-corrected chi connectivity index (χ0v) is 14.2. The largest absolute Gasteiger partial charge is 0.618 e. The molecule has 0 aliphatic carbocycles. The van der Waals surface area contributed by atoms with Gasteiger partial charge in [-0.15, -0.1) is 0 Å². The zero-order valence-electron chi connectivity index (χ0n) is 14.2. The van der Waals surface area contributed by atoms with Crippen LogP contribution in [0.25, 0.3) is 11.4 Å². The van der Waals surface area contributed by atoms with Gasteiger partial charge in [-0.1, -0.05) is 48.5 Å². The lowest BCUT2D eigenvalue weighted by Crippen LogP contribution is -2.29. The maximum absolute atomic E-state index is 12.4. The first-order valence-electron chi connectivity index (χ1n) is 8.45. The number of para-hydroxylation sites is 1. The van der Waals surface area contributed by atoms with Crippen molar-refractivity contribution in [2.45, 2.75) is 6.54 Å². The van der Waals surface area contributed by atoms with Crippen LogP contribution in [0, 0.1) is 5.21 Å². The second-order valence-electron chi connectivity index (χ2n) is 6.00. The molecule has 4 nitrogen and oxygen atoms in total. The van der Waals surface area contributed by atoms with E-state index in [1.807, 2.05) is 66.9 Å². The smallest absolute Gasteiger partial charge is 0.244 e. The molecule has 0 radical (unpaired) electrons. The lowest BCUT2D eigenvalue weighted by Gasteiger charge is -2.11. The van der Waals surface area contributed by atoms with Gasteiger partial charge in [-0.3, -0.25) is 0 Å². The lowest BCUT2D eigenvalue weighted by atomic mass is 10.2. The first-order chi connectivity index (χ1) is 12.8. The molecule has 0 saturated heterocycles. The summed E-state index contributed by atoms with van der Waals surface area (Å²) in [6.45, 7) is 0.701. The number of aromatic nitrogens is 2. The maximum atomic E-state index is 12.4. The van der Waals surface area contributed by atoms with Gasteiger partial charge in [0.05, 0.1) is 6.07 Å². The van der Waals surface area contributed by atoms with E-state index in [1.54, 1.807) is 12.1 Å². The van der Waals surface area contributed by atoms with Gasteiger partial charge in [0.25, 0.3) is 0 Å². The Balaban J connectivity index is 1.66. The van der Waals surface area contributed by atoms with Crippen LogP contribution in [0.4, 0.5) is 0 Å². The summed E-state index contributed by atoms with van der Waals surface area (Å²) in [7, 11) is 0. The van der Waals surface area contributed by atoms with E-state index in [0.29, 0.717) is 18.0 Å². The second kappa shape index (κ2) is 7.15. The molecular weight excluding hydrogens is 324 g/mol. The summed E-state index contributed by atoms with van der Waals surface area (Å²) in [5.74, 6) is 1.37. The van der Waals surface area contributed by atoms with Crippen LogP contribution in [-0.4, -0.2) is 4.57 Å². The van der Waals surface area contributed by atoms with E-state index in [-0.39, 0.29) is 0 Å². The minimum atomic E-state index is 0.555. The van der Waals surface area contributed by atoms with E-state index >= 15 is 0 Å². The van der Waals surface area contributed by atoms with Crippen LogP contribution in [0.3, 0.4) is 0 Å². The highest BCUT2D eigenvalue weighted by Crippen LogP contribution is 2.25. The van der Waals surface area contributed by atoms with Crippen molar-refractivity contribution in [1.82, 2.24) is 4.57 Å². The zero-order chi connectivity index (χ0) is 17.8. The Kier molecular flexibility index (Phi) is 4.39. The molecule has 0 saturated carbocycles. The number of hydrogen-bond acceptors (Lipinski definition) is 2. The molecule has 0 amide bonds. The third kappa shape index (κ3) is 3.44.